The number of hydrogen-bond acceptors (Lipinski definition) is 7. The van der Waals surface area contributed by atoms with Gasteiger partial charge in [-0.05, 0) is 24.3 Å². The van der Waals surface area contributed by atoms with E-state index in [1.807, 2.05) is 0 Å². The first-order valence-corrected chi connectivity index (χ1v) is 11.3. The van der Waals surface area contributed by atoms with Gasteiger partial charge in [0, 0.05) is 36.9 Å². The monoisotopic (exact) mass is 502 g/mol. The van der Waals surface area contributed by atoms with E-state index in [4.69, 9.17) is 4.74 Å². The minimum Gasteiger partial charge on any atom is -0.484 e. The number of nitrogens with one attached hydrogen (secondary N) is 1. The fourth-order valence-corrected chi connectivity index (χ4v) is 4.05. The summed E-state index contributed by atoms with van der Waals surface area (Å²) in [6.07, 6.45) is -4.43. The van der Waals surface area contributed by atoms with Gasteiger partial charge in [-0.25, -0.2) is 4.98 Å². The lowest BCUT2D eigenvalue weighted by molar-refractivity contribution is -0.153. The average Bonchev–Trinajstić information content (AvgIpc) is 3.18. The van der Waals surface area contributed by atoms with E-state index in [-0.39, 0.29) is 23.1 Å². The number of fused-ring (bicyclic) bond motifs is 1. The zero-order valence-electron chi connectivity index (χ0n) is 17.6. The number of thioether (sulfide) groups is 1. The molecule has 0 spiro atoms. The number of nitrogens with zero attached hydrogens (tertiary/aromatic N) is 2. The summed E-state index contributed by atoms with van der Waals surface area (Å²) >= 11 is 2.65. The van der Waals surface area contributed by atoms with Gasteiger partial charge < -0.3 is 15.8 Å². The largest absolute Gasteiger partial charge is 0.484 e. The van der Waals surface area contributed by atoms with Crippen LogP contribution in [0.4, 0.5) is 13.2 Å². The highest BCUT2D eigenvalue weighted by Crippen LogP contribution is 2.24. The van der Waals surface area contributed by atoms with Crippen molar-refractivity contribution >= 4 is 45.8 Å². The summed E-state index contributed by atoms with van der Waals surface area (Å²) in [5.74, 6) is 0.0521. The van der Waals surface area contributed by atoms with E-state index in [1.54, 1.807) is 10.8 Å². The van der Waals surface area contributed by atoms with Gasteiger partial charge in [-0.1, -0.05) is 11.8 Å². The van der Waals surface area contributed by atoms with E-state index < -0.39 is 12.8 Å². The molecule has 178 valence electrons. The van der Waals surface area contributed by atoms with E-state index in [9.17, 15) is 27.6 Å². The maximum Gasteiger partial charge on any atom is 0.422 e. The van der Waals surface area contributed by atoms with E-state index in [0.29, 0.717) is 34.0 Å². The van der Waals surface area contributed by atoms with Crippen molar-refractivity contribution in [1.82, 2.24) is 14.9 Å². The average molecular weight is 503 g/mol. The van der Waals surface area contributed by atoms with Gasteiger partial charge in [-0.3, -0.25) is 19.0 Å². The maximum absolute atomic E-state index is 13.0. The number of nitrogens with two attached hydrogens (primary N) is 1. The highest BCUT2D eigenvalue weighted by molar-refractivity contribution is 7.99. The Bertz CT molecular complexity index is 1160. The molecule has 2 aromatic heterocycles. The number of ether oxygens (including phenoxy) is 1. The molecule has 2 amide bonds. The van der Waals surface area contributed by atoms with Crippen LogP contribution in [0, 0.1) is 0 Å². The van der Waals surface area contributed by atoms with E-state index in [1.165, 1.54) is 65.8 Å². The molecule has 0 aliphatic rings. The van der Waals surface area contributed by atoms with Crippen LogP contribution in [0.2, 0.25) is 0 Å². The summed E-state index contributed by atoms with van der Waals surface area (Å²) < 4.78 is 43.0. The number of amides is 2. The molecule has 13 heteroatoms. The molecular formula is C20H21F3N4O4S2. The molecule has 0 atom stereocenters. The van der Waals surface area contributed by atoms with Crippen LogP contribution >= 0.6 is 23.1 Å². The van der Waals surface area contributed by atoms with E-state index >= 15 is 0 Å². The molecule has 0 saturated carbocycles. The van der Waals surface area contributed by atoms with Gasteiger partial charge in [0.25, 0.3) is 5.56 Å². The van der Waals surface area contributed by atoms with Crippen molar-refractivity contribution in [2.45, 2.75) is 25.2 Å². The Balaban J connectivity index is 0.000000890. The normalized spacial score (nSPS) is 10.9. The minimum atomic E-state index is -4.43. The second kappa shape index (κ2) is 11.7. The molecule has 0 unspecified atom stereocenters. The van der Waals surface area contributed by atoms with Crippen LogP contribution in [0.1, 0.15) is 13.8 Å². The topological polar surface area (TPSA) is 116 Å². The zero-order valence-corrected chi connectivity index (χ0v) is 19.3. The van der Waals surface area contributed by atoms with Crippen LogP contribution in [0.3, 0.4) is 0 Å². The summed E-state index contributed by atoms with van der Waals surface area (Å²) in [5.41, 5.74) is 5.22. The first kappa shape index (κ1) is 26.2. The lowest BCUT2D eigenvalue weighted by Crippen LogP contribution is -2.24. The number of hydrogen-bond donors (Lipinski definition) is 2. The maximum atomic E-state index is 13.0. The second-order valence-corrected chi connectivity index (χ2v) is 8.35. The predicted octanol–water partition coefficient (Wildman–Crippen LogP) is 3.11. The number of carbonyl (C=O) groups is 2. The molecule has 0 bridgehead atoms. The smallest absolute Gasteiger partial charge is 0.422 e. The number of halogens is 3. The number of aromatic nitrogens is 2. The first-order valence-electron chi connectivity index (χ1n) is 9.40. The number of rotatable bonds is 7. The van der Waals surface area contributed by atoms with Gasteiger partial charge in [0.15, 0.2) is 11.8 Å². The number of alkyl halides is 3. The zero-order chi connectivity index (χ0) is 24.6. The highest BCUT2D eigenvalue weighted by Gasteiger charge is 2.28. The third-order valence-electron chi connectivity index (χ3n) is 3.69. The molecule has 1 aromatic carbocycles. The molecule has 3 N–H and O–H groups in total. The van der Waals surface area contributed by atoms with Crippen LogP contribution in [-0.2, 0) is 9.59 Å². The van der Waals surface area contributed by atoms with Crippen molar-refractivity contribution in [3.05, 3.63) is 45.4 Å². The summed E-state index contributed by atoms with van der Waals surface area (Å²) in [4.78, 5) is 37.7. The molecule has 33 heavy (non-hydrogen) atoms. The molecule has 0 aliphatic carbocycles. The number of carbonyl (C=O) groups excluding carboxylic acids is 2. The summed E-state index contributed by atoms with van der Waals surface area (Å²) in [7, 11) is 0. The van der Waals surface area contributed by atoms with Gasteiger partial charge in [-0.2, -0.15) is 13.2 Å². The van der Waals surface area contributed by atoms with Gasteiger partial charge in [-0.15, -0.1) is 11.3 Å². The number of thiophene rings is 1. The molecule has 2 heterocycles. The van der Waals surface area contributed by atoms with Crippen molar-refractivity contribution in [2.24, 2.45) is 5.73 Å². The molecule has 3 aromatic rings. The van der Waals surface area contributed by atoms with Crippen molar-refractivity contribution in [3.8, 4) is 11.4 Å². The molecule has 8 nitrogen and oxygen atoms in total. The molecule has 3 rings (SSSR count). The molecule has 0 fully saturated rings. The van der Waals surface area contributed by atoms with Gasteiger partial charge in [0.1, 0.15) is 5.75 Å². The predicted molar refractivity (Wildman–Crippen MR) is 121 cm³/mol. The molecule has 0 radical (unpaired) electrons. The van der Waals surface area contributed by atoms with Crippen molar-refractivity contribution in [3.63, 3.8) is 0 Å². The summed E-state index contributed by atoms with van der Waals surface area (Å²) in [5, 5.41) is 7.03. The number of primary amides is 1. The quantitative estimate of drug-likeness (QED) is 0.291. The van der Waals surface area contributed by atoms with Gasteiger partial charge >= 0.3 is 6.18 Å². The lowest BCUT2D eigenvalue weighted by Gasteiger charge is -2.13. The Labute approximate surface area is 194 Å². The van der Waals surface area contributed by atoms with Crippen molar-refractivity contribution in [1.29, 1.82) is 0 Å². The number of benzene rings is 1. The highest BCUT2D eigenvalue weighted by atomic mass is 32.2. The van der Waals surface area contributed by atoms with Crippen molar-refractivity contribution < 1.29 is 27.5 Å². The Morgan fingerprint density at radius 2 is 1.85 bits per heavy atom. The first-order chi connectivity index (χ1) is 15.5. The van der Waals surface area contributed by atoms with E-state index in [0.717, 1.165) is 0 Å². The van der Waals surface area contributed by atoms with Crippen molar-refractivity contribution in [2.75, 3.05) is 18.9 Å². The molecular weight excluding hydrogens is 481 g/mol. The summed E-state index contributed by atoms with van der Waals surface area (Å²) in [6.45, 7) is 1.74. The van der Waals surface area contributed by atoms with Crippen LogP contribution in [0.15, 0.2) is 45.0 Å². The lowest BCUT2D eigenvalue weighted by atomic mass is 10.3. The standard InChI is InChI=1S/C18H16F3N3O3S2.C2H5NO/c1-11(25)22-6-7-29-17-23-15-9-28-8-14(15)16(26)24(17)12-2-4-13(5-3-12)27-10-18(19,20)21;1-2(3)4/h2-5,8-9H,6-7,10H2,1H3,(H,22,25);1H3,(H2,3,4). The Morgan fingerprint density at radius 1 is 1.21 bits per heavy atom. The fourth-order valence-electron chi connectivity index (χ4n) is 2.45. The second-order valence-electron chi connectivity index (χ2n) is 6.55. The van der Waals surface area contributed by atoms with Crippen LogP contribution in [0.25, 0.3) is 16.6 Å². The third-order valence-corrected chi connectivity index (χ3v) is 5.36. The van der Waals surface area contributed by atoms with Gasteiger partial charge in [0.05, 0.1) is 16.6 Å². The summed E-state index contributed by atoms with van der Waals surface area (Å²) in [6, 6.07) is 5.75. The SMILES string of the molecule is CC(=O)NCCSc1nc2cscc2c(=O)n1-c1ccc(OCC(F)(F)F)cc1.CC(N)=O. The van der Waals surface area contributed by atoms with Crippen LogP contribution in [-0.4, -0.2) is 46.4 Å². The minimum absolute atomic E-state index is 0.0450. The Hall–Kier alpha value is -3.06. The molecule has 0 aliphatic heterocycles. The van der Waals surface area contributed by atoms with E-state index in [2.05, 4.69) is 16.0 Å². The Morgan fingerprint density at radius 3 is 2.42 bits per heavy atom. The Kier molecular flexibility index (Phi) is 9.29. The van der Waals surface area contributed by atoms with Crippen LogP contribution < -0.4 is 21.3 Å². The van der Waals surface area contributed by atoms with Crippen LogP contribution in [0.5, 0.6) is 5.75 Å². The fraction of sp³-hybridized carbons (Fsp3) is 0.300. The van der Waals surface area contributed by atoms with Gasteiger partial charge in [0.2, 0.25) is 11.8 Å². The molecule has 0 saturated heterocycles. The third kappa shape index (κ3) is 8.42.